The summed E-state index contributed by atoms with van der Waals surface area (Å²) in [4.78, 5) is 12.3. The molecular weight excluding hydrogens is 303 g/mol. The van der Waals surface area contributed by atoms with Crippen LogP contribution in [-0.4, -0.2) is 19.0 Å². The smallest absolute Gasteiger partial charge is 0.223 e. The highest BCUT2D eigenvalue weighted by atomic mass is 35.5. The molecule has 0 bridgehead atoms. The molecule has 0 unspecified atom stereocenters. The highest BCUT2D eigenvalue weighted by molar-refractivity contribution is 5.85. The SMILES string of the molecule is CC(C)(CNC(=O)[C@@H]1CCC[C@@H]1CN)c1ccccc1F.Cl. The number of hydrogen-bond donors (Lipinski definition) is 2. The van der Waals surface area contributed by atoms with Crippen molar-refractivity contribution in [3.8, 4) is 0 Å². The number of rotatable bonds is 5. The molecule has 3 N–H and O–H groups in total. The van der Waals surface area contributed by atoms with E-state index in [-0.39, 0.29) is 30.0 Å². The highest BCUT2D eigenvalue weighted by Gasteiger charge is 2.33. The molecule has 1 aromatic carbocycles. The third-order valence-electron chi connectivity index (χ3n) is 4.61. The Morgan fingerprint density at radius 1 is 1.36 bits per heavy atom. The molecule has 1 aliphatic carbocycles. The van der Waals surface area contributed by atoms with E-state index in [4.69, 9.17) is 5.73 Å². The highest BCUT2D eigenvalue weighted by Crippen LogP contribution is 2.31. The van der Waals surface area contributed by atoms with E-state index >= 15 is 0 Å². The minimum atomic E-state index is -0.433. The van der Waals surface area contributed by atoms with Gasteiger partial charge in [-0.25, -0.2) is 4.39 Å². The first-order valence-corrected chi connectivity index (χ1v) is 7.68. The summed E-state index contributed by atoms with van der Waals surface area (Å²) in [6, 6.07) is 6.74. The molecule has 1 aromatic rings. The van der Waals surface area contributed by atoms with E-state index < -0.39 is 5.41 Å². The Hall–Kier alpha value is -1.13. The van der Waals surface area contributed by atoms with Crippen LogP contribution in [-0.2, 0) is 10.2 Å². The van der Waals surface area contributed by atoms with E-state index in [9.17, 15) is 9.18 Å². The van der Waals surface area contributed by atoms with Crippen LogP contribution >= 0.6 is 12.4 Å². The number of nitrogens with two attached hydrogens (primary N) is 1. The zero-order chi connectivity index (χ0) is 15.5. The van der Waals surface area contributed by atoms with Crippen LogP contribution in [0, 0.1) is 17.7 Å². The van der Waals surface area contributed by atoms with E-state index in [1.54, 1.807) is 12.1 Å². The maximum Gasteiger partial charge on any atom is 0.223 e. The largest absolute Gasteiger partial charge is 0.355 e. The molecule has 1 saturated carbocycles. The Morgan fingerprint density at radius 3 is 2.68 bits per heavy atom. The van der Waals surface area contributed by atoms with E-state index in [1.807, 2.05) is 19.9 Å². The second-order valence-corrected chi connectivity index (χ2v) is 6.61. The lowest BCUT2D eigenvalue weighted by atomic mass is 9.84. The summed E-state index contributed by atoms with van der Waals surface area (Å²) in [5.41, 5.74) is 5.92. The van der Waals surface area contributed by atoms with Crippen LogP contribution in [0.5, 0.6) is 0 Å². The van der Waals surface area contributed by atoms with Gasteiger partial charge in [0, 0.05) is 17.9 Å². The van der Waals surface area contributed by atoms with Gasteiger partial charge in [-0.2, -0.15) is 0 Å². The number of halogens is 2. The maximum absolute atomic E-state index is 13.9. The van der Waals surface area contributed by atoms with Gasteiger partial charge in [-0.05, 0) is 36.9 Å². The molecular formula is C17H26ClFN2O. The normalized spacial score (nSPS) is 21.3. The van der Waals surface area contributed by atoms with Gasteiger partial charge >= 0.3 is 0 Å². The molecule has 0 aromatic heterocycles. The standard InChI is InChI=1S/C17H25FN2O.ClH/c1-17(2,14-8-3-4-9-15(14)18)11-20-16(21)13-7-5-6-12(13)10-19;/h3-4,8-9,12-13H,5-7,10-11,19H2,1-2H3,(H,20,21);1H/t12-,13-;/m1./s1. The zero-order valence-electron chi connectivity index (χ0n) is 13.3. The van der Waals surface area contributed by atoms with Gasteiger partial charge in [-0.1, -0.05) is 38.5 Å². The summed E-state index contributed by atoms with van der Waals surface area (Å²) in [5, 5.41) is 2.99. The van der Waals surface area contributed by atoms with Crippen molar-refractivity contribution in [2.75, 3.05) is 13.1 Å². The van der Waals surface area contributed by atoms with Crippen molar-refractivity contribution in [1.29, 1.82) is 0 Å². The molecule has 5 heteroatoms. The summed E-state index contributed by atoms with van der Waals surface area (Å²) in [6.07, 6.45) is 3.01. The van der Waals surface area contributed by atoms with E-state index in [0.29, 0.717) is 24.6 Å². The molecule has 1 aliphatic rings. The second kappa shape index (κ2) is 7.93. The minimum absolute atomic E-state index is 0. The Labute approximate surface area is 138 Å². The fourth-order valence-electron chi connectivity index (χ4n) is 3.21. The topological polar surface area (TPSA) is 55.1 Å². The first-order valence-electron chi connectivity index (χ1n) is 7.68. The van der Waals surface area contributed by atoms with Crippen LogP contribution in [0.3, 0.4) is 0 Å². The van der Waals surface area contributed by atoms with E-state index in [2.05, 4.69) is 5.32 Å². The van der Waals surface area contributed by atoms with Crippen LogP contribution in [0.1, 0.15) is 38.7 Å². The lowest BCUT2D eigenvalue weighted by molar-refractivity contribution is -0.126. The molecule has 0 spiro atoms. The Morgan fingerprint density at radius 2 is 2.05 bits per heavy atom. The summed E-state index contributed by atoms with van der Waals surface area (Å²) >= 11 is 0. The molecule has 2 rings (SSSR count). The van der Waals surface area contributed by atoms with Gasteiger partial charge < -0.3 is 11.1 Å². The minimum Gasteiger partial charge on any atom is -0.355 e. The molecule has 3 nitrogen and oxygen atoms in total. The number of carbonyl (C=O) groups excluding carboxylic acids is 1. The van der Waals surface area contributed by atoms with Crippen molar-refractivity contribution >= 4 is 18.3 Å². The molecule has 0 radical (unpaired) electrons. The predicted octanol–water partition coefficient (Wildman–Crippen LogP) is 3.02. The first kappa shape index (κ1) is 18.9. The summed E-state index contributed by atoms with van der Waals surface area (Å²) in [6.45, 7) is 4.89. The molecule has 0 heterocycles. The van der Waals surface area contributed by atoms with Gasteiger partial charge in [0.1, 0.15) is 5.82 Å². The molecule has 0 aliphatic heterocycles. The number of hydrogen-bond acceptors (Lipinski definition) is 2. The average Bonchev–Trinajstić information content (AvgIpc) is 2.93. The van der Waals surface area contributed by atoms with Crippen LogP contribution < -0.4 is 11.1 Å². The van der Waals surface area contributed by atoms with Crippen molar-refractivity contribution in [3.05, 3.63) is 35.6 Å². The zero-order valence-corrected chi connectivity index (χ0v) is 14.1. The third-order valence-corrected chi connectivity index (χ3v) is 4.61. The number of nitrogens with one attached hydrogen (secondary N) is 1. The molecule has 124 valence electrons. The number of amides is 1. The van der Waals surface area contributed by atoms with Gasteiger partial charge in [0.2, 0.25) is 5.91 Å². The summed E-state index contributed by atoms with van der Waals surface area (Å²) in [7, 11) is 0. The van der Waals surface area contributed by atoms with E-state index in [1.165, 1.54) is 6.07 Å². The number of carbonyl (C=O) groups is 1. The van der Waals surface area contributed by atoms with Crippen LogP contribution in [0.4, 0.5) is 4.39 Å². The van der Waals surface area contributed by atoms with Crippen LogP contribution in [0.2, 0.25) is 0 Å². The van der Waals surface area contributed by atoms with Gasteiger partial charge in [0.05, 0.1) is 0 Å². The Kier molecular flexibility index (Phi) is 6.82. The first-order chi connectivity index (χ1) is 9.95. The van der Waals surface area contributed by atoms with E-state index in [0.717, 1.165) is 19.3 Å². The van der Waals surface area contributed by atoms with Crippen molar-refractivity contribution in [2.45, 2.75) is 38.5 Å². The lowest BCUT2D eigenvalue weighted by Gasteiger charge is -2.27. The van der Waals surface area contributed by atoms with Crippen molar-refractivity contribution in [1.82, 2.24) is 5.32 Å². The molecule has 2 atom stereocenters. The molecule has 1 fully saturated rings. The third kappa shape index (κ3) is 4.20. The Balaban J connectivity index is 0.00000242. The average molecular weight is 329 g/mol. The molecule has 1 amide bonds. The fourth-order valence-corrected chi connectivity index (χ4v) is 3.21. The second-order valence-electron chi connectivity index (χ2n) is 6.61. The molecule has 22 heavy (non-hydrogen) atoms. The van der Waals surface area contributed by atoms with Crippen LogP contribution in [0.25, 0.3) is 0 Å². The monoisotopic (exact) mass is 328 g/mol. The quantitative estimate of drug-likeness (QED) is 0.873. The summed E-state index contributed by atoms with van der Waals surface area (Å²) in [5.74, 6) is 0.151. The number of benzene rings is 1. The van der Waals surface area contributed by atoms with Gasteiger partial charge in [-0.3, -0.25) is 4.79 Å². The Bertz CT molecular complexity index is 507. The van der Waals surface area contributed by atoms with Crippen molar-refractivity contribution in [3.63, 3.8) is 0 Å². The lowest BCUT2D eigenvalue weighted by Crippen LogP contribution is -2.41. The van der Waals surface area contributed by atoms with Crippen molar-refractivity contribution < 1.29 is 9.18 Å². The van der Waals surface area contributed by atoms with Gasteiger partial charge in [0.15, 0.2) is 0 Å². The maximum atomic E-state index is 13.9. The fraction of sp³-hybridized carbons (Fsp3) is 0.588. The van der Waals surface area contributed by atoms with Gasteiger partial charge in [0.25, 0.3) is 0 Å². The summed E-state index contributed by atoms with van der Waals surface area (Å²) < 4.78 is 13.9. The van der Waals surface area contributed by atoms with Gasteiger partial charge in [-0.15, -0.1) is 12.4 Å². The molecule has 0 saturated heterocycles. The van der Waals surface area contributed by atoms with Crippen LogP contribution in [0.15, 0.2) is 24.3 Å². The van der Waals surface area contributed by atoms with Crippen molar-refractivity contribution in [2.24, 2.45) is 17.6 Å². The predicted molar refractivity (Wildman–Crippen MR) is 89.6 cm³/mol.